The molecule has 0 bridgehead atoms. The fourth-order valence-electron chi connectivity index (χ4n) is 3.00. The van der Waals surface area contributed by atoms with Crippen LogP contribution in [0.1, 0.15) is 26.3 Å². The Hall–Kier alpha value is -3.16. The molecule has 0 atom stereocenters. The van der Waals surface area contributed by atoms with Crippen LogP contribution in [0, 0.1) is 0 Å². The van der Waals surface area contributed by atoms with Gasteiger partial charge in [-0.2, -0.15) is 0 Å². The van der Waals surface area contributed by atoms with Gasteiger partial charge in [-0.3, -0.25) is 9.59 Å². The van der Waals surface area contributed by atoms with Crippen molar-refractivity contribution in [2.24, 2.45) is 0 Å². The minimum Gasteiger partial charge on any atom is -0.345 e. The Morgan fingerprint density at radius 2 is 1.74 bits per heavy atom. The number of fused-ring (bicyclic) bond motifs is 1. The number of carbonyl (C=O) groups is 2. The van der Waals surface area contributed by atoms with Crippen LogP contribution in [0.5, 0.6) is 0 Å². The molecule has 31 heavy (non-hydrogen) atoms. The van der Waals surface area contributed by atoms with Crippen LogP contribution in [0.3, 0.4) is 0 Å². The van der Waals surface area contributed by atoms with Gasteiger partial charge in [-0.25, -0.2) is 4.98 Å². The first-order valence-corrected chi connectivity index (χ1v) is 11.5. The van der Waals surface area contributed by atoms with Gasteiger partial charge >= 0.3 is 0 Å². The third-order valence-corrected chi connectivity index (χ3v) is 6.88. The molecule has 7 heteroatoms. The van der Waals surface area contributed by atoms with Crippen LogP contribution in [-0.4, -0.2) is 35.8 Å². The molecule has 156 valence electrons. The summed E-state index contributed by atoms with van der Waals surface area (Å²) in [5, 5.41) is 2.86. The fourth-order valence-corrected chi connectivity index (χ4v) is 5.03. The first-order chi connectivity index (χ1) is 15.0. The van der Waals surface area contributed by atoms with Gasteiger partial charge in [0.05, 0.1) is 10.2 Å². The predicted molar refractivity (Wildman–Crippen MR) is 128 cm³/mol. The third-order valence-electron chi connectivity index (χ3n) is 4.63. The lowest BCUT2D eigenvalue weighted by atomic mass is 10.1. The molecule has 1 N–H and O–H groups in total. The number of hydrogen-bond donors (Lipinski definition) is 1. The highest BCUT2D eigenvalue weighted by molar-refractivity contribution is 8.00. The molecule has 1 aromatic heterocycles. The number of rotatable bonds is 6. The molecule has 0 saturated heterocycles. The molecule has 0 aliphatic carbocycles. The summed E-state index contributed by atoms with van der Waals surface area (Å²) in [6.07, 6.45) is 0. The molecule has 0 aliphatic heterocycles. The molecule has 0 aliphatic rings. The molecule has 0 saturated carbocycles. The van der Waals surface area contributed by atoms with Gasteiger partial charge in [-0.05, 0) is 48.0 Å². The normalized spacial score (nSPS) is 10.8. The van der Waals surface area contributed by atoms with E-state index in [4.69, 9.17) is 0 Å². The Morgan fingerprint density at radius 3 is 2.48 bits per heavy atom. The molecule has 0 unspecified atom stereocenters. The number of hydrogen-bond acceptors (Lipinski definition) is 5. The van der Waals surface area contributed by atoms with Gasteiger partial charge in [0.15, 0.2) is 4.34 Å². The van der Waals surface area contributed by atoms with Crippen molar-refractivity contribution in [3.05, 3.63) is 89.5 Å². The first-order valence-electron chi connectivity index (χ1n) is 9.70. The summed E-state index contributed by atoms with van der Waals surface area (Å²) in [7, 11) is 3.40. The van der Waals surface area contributed by atoms with Crippen molar-refractivity contribution in [2.45, 2.75) is 10.1 Å². The van der Waals surface area contributed by atoms with Crippen molar-refractivity contribution >= 4 is 50.8 Å². The largest absolute Gasteiger partial charge is 0.345 e. The van der Waals surface area contributed by atoms with Gasteiger partial charge in [0.25, 0.3) is 11.8 Å². The number of thioether (sulfide) groups is 1. The van der Waals surface area contributed by atoms with E-state index in [-0.39, 0.29) is 11.8 Å². The molecular formula is C24H21N3O2S2. The van der Waals surface area contributed by atoms with Crippen LogP contribution in [0.25, 0.3) is 10.2 Å². The van der Waals surface area contributed by atoms with Gasteiger partial charge in [0, 0.05) is 36.7 Å². The Bertz CT molecular complexity index is 1200. The van der Waals surface area contributed by atoms with Crippen molar-refractivity contribution in [3.8, 4) is 0 Å². The van der Waals surface area contributed by atoms with Gasteiger partial charge in [-0.15, -0.1) is 11.3 Å². The zero-order valence-electron chi connectivity index (χ0n) is 17.2. The third kappa shape index (κ3) is 5.13. The SMILES string of the molecule is CN(C)C(=O)c1cccc(NC(=O)c2ccc(CSc3nc4ccccc4s3)cc2)c1. The van der Waals surface area contributed by atoms with Crippen LogP contribution in [-0.2, 0) is 5.75 Å². The molecular weight excluding hydrogens is 426 g/mol. The Labute approximate surface area is 189 Å². The Balaban J connectivity index is 1.38. The highest BCUT2D eigenvalue weighted by Crippen LogP contribution is 2.31. The number of nitrogens with one attached hydrogen (secondary N) is 1. The van der Waals surface area contributed by atoms with E-state index in [1.54, 1.807) is 61.5 Å². The molecule has 4 rings (SSSR count). The lowest BCUT2D eigenvalue weighted by Crippen LogP contribution is -2.21. The monoisotopic (exact) mass is 447 g/mol. The summed E-state index contributed by atoms with van der Waals surface area (Å²) < 4.78 is 2.23. The van der Waals surface area contributed by atoms with E-state index in [2.05, 4.69) is 16.4 Å². The summed E-state index contributed by atoms with van der Waals surface area (Å²) in [5.74, 6) is 0.474. The van der Waals surface area contributed by atoms with Crippen LogP contribution in [0.15, 0.2) is 77.1 Å². The number of nitrogens with zero attached hydrogens (tertiary/aromatic N) is 2. The molecule has 0 spiro atoms. The van der Waals surface area contributed by atoms with Crippen LogP contribution in [0.2, 0.25) is 0 Å². The maximum Gasteiger partial charge on any atom is 0.255 e. The van der Waals surface area contributed by atoms with Gasteiger partial charge < -0.3 is 10.2 Å². The molecule has 5 nitrogen and oxygen atoms in total. The lowest BCUT2D eigenvalue weighted by Gasteiger charge is -2.12. The molecule has 0 radical (unpaired) electrons. The minimum absolute atomic E-state index is 0.105. The average Bonchev–Trinajstić information content (AvgIpc) is 3.20. The molecule has 1 heterocycles. The van der Waals surface area contributed by atoms with Crippen molar-refractivity contribution in [1.82, 2.24) is 9.88 Å². The zero-order chi connectivity index (χ0) is 21.8. The summed E-state index contributed by atoms with van der Waals surface area (Å²) >= 11 is 3.39. The van der Waals surface area contributed by atoms with E-state index < -0.39 is 0 Å². The van der Waals surface area contributed by atoms with E-state index in [1.165, 1.54) is 9.60 Å². The molecule has 3 aromatic carbocycles. The number of benzene rings is 3. The summed E-state index contributed by atoms with van der Waals surface area (Å²) in [6.45, 7) is 0. The first kappa shape index (κ1) is 21.1. The number of para-hydroxylation sites is 1. The predicted octanol–water partition coefficient (Wildman–Crippen LogP) is 5.54. The van der Waals surface area contributed by atoms with Crippen LogP contribution in [0.4, 0.5) is 5.69 Å². The second-order valence-corrected chi connectivity index (χ2v) is 9.42. The maximum atomic E-state index is 12.6. The van der Waals surface area contributed by atoms with Gasteiger partial charge in [0.1, 0.15) is 0 Å². The number of thiazole rings is 1. The van der Waals surface area contributed by atoms with E-state index in [0.717, 1.165) is 21.2 Å². The summed E-state index contributed by atoms with van der Waals surface area (Å²) in [4.78, 5) is 30.9. The number of amides is 2. The van der Waals surface area contributed by atoms with Gasteiger partial charge in [0.2, 0.25) is 0 Å². The van der Waals surface area contributed by atoms with Crippen molar-refractivity contribution in [3.63, 3.8) is 0 Å². The summed E-state index contributed by atoms with van der Waals surface area (Å²) in [5.41, 5.74) is 3.84. The number of carbonyl (C=O) groups excluding carboxylic acids is 2. The molecule has 0 fully saturated rings. The highest BCUT2D eigenvalue weighted by Gasteiger charge is 2.11. The smallest absolute Gasteiger partial charge is 0.255 e. The molecule has 2 amide bonds. The topological polar surface area (TPSA) is 62.3 Å². The lowest BCUT2D eigenvalue weighted by molar-refractivity contribution is 0.0827. The van der Waals surface area contributed by atoms with Gasteiger partial charge in [-0.1, -0.05) is 42.1 Å². The van der Waals surface area contributed by atoms with Crippen LogP contribution < -0.4 is 5.32 Å². The number of anilines is 1. The fraction of sp³-hybridized carbons (Fsp3) is 0.125. The highest BCUT2D eigenvalue weighted by atomic mass is 32.2. The van der Waals surface area contributed by atoms with E-state index in [9.17, 15) is 9.59 Å². The van der Waals surface area contributed by atoms with E-state index in [1.807, 2.05) is 42.5 Å². The minimum atomic E-state index is -0.208. The van der Waals surface area contributed by atoms with Crippen molar-refractivity contribution < 1.29 is 9.59 Å². The van der Waals surface area contributed by atoms with Crippen LogP contribution >= 0.6 is 23.1 Å². The Morgan fingerprint density at radius 1 is 0.968 bits per heavy atom. The standard InChI is InChI=1S/C24H21N3O2S2/c1-27(2)23(29)18-6-5-7-19(14-18)25-22(28)17-12-10-16(11-13-17)15-30-24-26-20-8-3-4-9-21(20)31-24/h3-14H,15H2,1-2H3,(H,25,28). The zero-order valence-corrected chi connectivity index (χ0v) is 18.8. The van der Waals surface area contributed by atoms with E-state index >= 15 is 0 Å². The Kier molecular flexibility index (Phi) is 6.34. The average molecular weight is 448 g/mol. The summed E-state index contributed by atoms with van der Waals surface area (Å²) in [6, 6.07) is 22.6. The quantitative estimate of drug-likeness (QED) is 0.394. The van der Waals surface area contributed by atoms with Crippen molar-refractivity contribution in [1.29, 1.82) is 0 Å². The van der Waals surface area contributed by atoms with E-state index in [0.29, 0.717) is 16.8 Å². The van der Waals surface area contributed by atoms with Crippen molar-refractivity contribution in [2.75, 3.05) is 19.4 Å². The molecule has 4 aromatic rings. The maximum absolute atomic E-state index is 12.6. The second-order valence-electron chi connectivity index (χ2n) is 7.17. The second kappa shape index (κ2) is 9.32. The number of aromatic nitrogens is 1.